The molecule has 3 heterocycles. The Balaban J connectivity index is 1.34. The van der Waals surface area contributed by atoms with E-state index < -0.39 is 23.5 Å². The number of Topliss-reactive ketones (excluding diaryl/α,β-unsaturated/α-hetero) is 1. The van der Waals surface area contributed by atoms with Crippen molar-refractivity contribution >= 4 is 49.3 Å². The number of ether oxygens (including phenoxy) is 4. The van der Waals surface area contributed by atoms with E-state index in [9.17, 15) is 14.7 Å². The third-order valence-corrected chi connectivity index (χ3v) is 9.03. The minimum Gasteiger partial charge on any atom is -0.503 e. The van der Waals surface area contributed by atoms with Crippen LogP contribution in [0.25, 0.3) is 21.2 Å². The topological polar surface area (TPSA) is 121 Å². The summed E-state index contributed by atoms with van der Waals surface area (Å²) in [5.41, 5.74) is 2.32. The highest BCUT2D eigenvalue weighted by molar-refractivity contribution is 7.22. The predicted octanol–water partition coefficient (Wildman–Crippen LogP) is 7.82. The van der Waals surface area contributed by atoms with E-state index in [0.29, 0.717) is 58.3 Å². The molecule has 0 bridgehead atoms. The predicted molar refractivity (Wildman–Crippen MR) is 182 cm³/mol. The second-order valence-electron chi connectivity index (χ2n) is 10.9. The van der Waals surface area contributed by atoms with Gasteiger partial charge in [-0.2, -0.15) is 0 Å². The van der Waals surface area contributed by atoms with Crippen molar-refractivity contribution in [2.24, 2.45) is 0 Å². The number of aromatic nitrogens is 1. The van der Waals surface area contributed by atoms with Gasteiger partial charge in [-0.15, -0.1) is 0 Å². The Bertz CT molecular complexity index is 2200. The fourth-order valence-electron chi connectivity index (χ4n) is 5.73. The zero-order chi connectivity index (χ0) is 33.4. The van der Waals surface area contributed by atoms with Crippen LogP contribution in [0, 0.1) is 0 Å². The molecule has 1 N–H and O–H groups in total. The van der Waals surface area contributed by atoms with Gasteiger partial charge in [-0.25, -0.2) is 4.98 Å². The lowest BCUT2D eigenvalue weighted by atomic mass is 9.95. The van der Waals surface area contributed by atoms with Gasteiger partial charge in [0.15, 0.2) is 39.5 Å². The zero-order valence-corrected chi connectivity index (χ0v) is 27.1. The Kier molecular flexibility index (Phi) is 8.20. The van der Waals surface area contributed by atoms with E-state index >= 15 is 0 Å². The SMILES string of the molecule is CCOc1cc(C2C(C(=O)c3cc4cccc(OC)c4o3)=C(O)C(=O)N2c2nc3ccc(OC)cc3s2)ccc1OCc1ccccc1. The number of para-hydroxylation sites is 1. The highest BCUT2D eigenvalue weighted by Crippen LogP contribution is 2.46. The third-order valence-electron chi connectivity index (χ3n) is 8.02. The molecule has 1 aliphatic rings. The first-order valence-corrected chi connectivity index (χ1v) is 16.0. The highest BCUT2D eigenvalue weighted by atomic mass is 32.1. The summed E-state index contributed by atoms with van der Waals surface area (Å²) in [5.74, 6) is -0.206. The molecule has 1 atom stereocenters. The zero-order valence-electron chi connectivity index (χ0n) is 26.3. The lowest BCUT2D eigenvalue weighted by Crippen LogP contribution is -2.31. The molecule has 0 saturated carbocycles. The van der Waals surface area contributed by atoms with Gasteiger partial charge in [-0.1, -0.05) is 59.9 Å². The van der Waals surface area contributed by atoms with Gasteiger partial charge in [0.05, 0.1) is 42.7 Å². The number of methoxy groups -OCH3 is 2. The van der Waals surface area contributed by atoms with Gasteiger partial charge in [-0.05, 0) is 60.5 Å². The number of ketones is 1. The van der Waals surface area contributed by atoms with Gasteiger partial charge in [0, 0.05) is 5.39 Å². The summed E-state index contributed by atoms with van der Waals surface area (Å²) < 4.78 is 29.7. The number of aliphatic hydroxyl groups excluding tert-OH is 1. The van der Waals surface area contributed by atoms with Crippen molar-refractivity contribution in [2.75, 3.05) is 25.7 Å². The molecule has 6 aromatic rings. The highest BCUT2D eigenvalue weighted by Gasteiger charge is 2.47. The largest absolute Gasteiger partial charge is 0.503 e. The van der Waals surface area contributed by atoms with E-state index in [1.807, 2.05) is 43.3 Å². The number of benzene rings is 4. The van der Waals surface area contributed by atoms with Gasteiger partial charge in [-0.3, -0.25) is 14.5 Å². The van der Waals surface area contributed by atoms with E-state index in [-0.39, 0.29) is 16.5 Å². The minimum atomic E-state index is -1.08. The summed E-state index contributed by atoms with van der Waals surface area (Å²) in [5, 5.41) is 12.3. The van der Waals surface area contributed by atoms with Crippen LogP contribution in [0.5, 0.6) is 23.0 Å². The molecule has 0 spiro atoms. The first kappa shape index (κ1) is 30.8. The molecule has 2 aromatic heterocycles. The van der Waals surface area contributed by atoms with E-state index in [0.717, 1.165) is 10.3 Å². The van der Waals surface area contributed by atoms with Crippen LogP contribution in [0.1, 0.15) is 34.6 Å². The first-order chi connectivity index (χ1) is 23.4. The molecular weight excluding hydrogens is 632 g/mol. The second kappa shape index (κ2) is 12.8. The van der Waals surface area contributed by atoms with Gasteiger partial charge in [0.25, 0.3) is 5.91 Å². The first-order valence-electron chi connectivity index (χ1n) is 15.2. The third kappa shape index (κ3) is 5.47. The molecule has 4 aromatic carbocycles. The van der Waals surface area contributed by atoms with Crippen LogP contribution < -0.4 is 23.8 Å². The fraction of sp³-hybridized carbons (Fsp3) is 0.162. The molecule has 242 valence electrons. The van der Waals surface area contributed by atoms with Gasteiger partial charge < -0.3 is 28.5 Å². The average Bonchev–Trinajstić information content (AvgIpc) is 3.81. The van der Waals surface area contributed by atoms with Gasteiger partial charge in [0.1, 0.15) is 12.4 Å². The molecule has 10 nitrogen and oxygen atoms in total. The molecule has 48 heavy (non-hydrogen) atoms. The number of carbonyl (C=O) groups is 2. The number of amides is 1. The number of anilines is 1. The summed E-state index contributed by atoms with van der Waals surface area (Å²) in [7, 11) is 3.08. The molecule has 1 amide bonds. The van der Waals surface area contributed by atoms with Crippen LogP contribution in [0.4, 0.5) is 5.13 Å². The van der Waals surface area contributed by atoms with Crippen LogP contribution in [0.2, 0.25) is 0 Å². The summed E-state index contributed by atoms with van der Waals surface area (Å²) in [4.78, 5) is 34.3. The van der Waals surface area contributed by atoms with E-state index in [1.54, 1.807) is 61.7 Å². The molecule has 1 aliphatic heterocycles. The number of aliphatic hydroxyl groups is 1. The summed E-state index contributed by atoms with van der Waals surface area (Å²) in [6, 6.07) is 26.1. The number of furan rings is 1. The van der Waals surface area contributed by atoms with Gasteiger partial charge in [0.2, 0.25) is 5.78 Å². The van der Waals surface area contributed by atoms with Crippen molar-refractivity contribution in [2.45, 2.75) is 19.6 Å². The van der Waals surface area contributed by atoms with E-state index in [2.05, 4.69) is 0 Å². The van der Waals surface area contributed by atoms with Crippen molar-refractivity contribution < 1.29 is 38.1 Å². The number of hydrogen-bond donors (Lipinski definition) is 1. The molecule has 0 aliphatic carbocycles. The number of carbonyl (C=O) groups excluding carboxylic acids is 2. The minimum absolute atomic E-state index is 0.0578. The van der Waals surface area contributed by atoms with Crippen LogP contribution in [-0.4, -0.2) is 42.6 Å². The number of fused-ring (bicyclic) bond motifs is 2. The maximum atomic E-state index is 14.3. The van der Waals surface area contributed by atoms with Gasteiger partial charge >= 0.3 is 0 Å². The van der Waals surface area contributed by atoms with Crippen LogP contribution in [0.15, 0.2) is 107 Å². The molecule has 0 saturated heterocycles. The number of rotatable bonds is 11. The smallest absolute Gasteiger partial charge is 0.296 e. The average molecular weight is 663 g/mol. The lowest BCUT2D eigenvalue weighted by molar-refractivity contribution is -0.117. The number of thiazole rings is 1. The van der Waals surface area contributed by atoms with E-state index in [4.69, 9.17) is 28.3 Å². The monoisotopic (exact) mass is 662 g/mol. The standard InChI is InChI=1S/C37H30N2O8S/c1-4-45-28-17-22(13-16-26(28)46-20-21-9-6-5-7-10-21)32-31(33(40)29-18-23-11-8-12-27(44-3)35(23)47-29)34(41)36(42)39(32)37-38-25-15-14-24(43-2)19-30(25)48-37/h5-19,32,41H,4,20H2,1-3H3. The summed E-state index contributed by atoms with van der Waals surface area (Å²) in [6.07, 6.45) is 0. The second-order valence-corrected chi connectivity index (χ2v) is 11.9. The Morgan fingerprint density at radius 3 is 2.52 bits per heavy atom. The number of nitrogens with zero attached hydrogens (tertiary/aromatic N) is 2. The quantitative estimate of drug-likeness (QED) is 0.138. The number of hydrogen-bond acceptors (Lipinski definition) is 10. The maximum Gasteiger partial charge on any atom is 0.296 e. The fourth-order valence-corrected chi connectivity index (χ4v) is 6.75. The Morgan fingerprint density at radius 2 is 1.75 bits per heavy atom. The molecule has 7 rings (SSSR count). The maximum absolute atomic E-state index is 14.3. The lowest BCUT2D eigenvalue weighted by Gasteiger charge is -2.25. The van der Waals surface area contributed by atoms with Crippen molar-refractivity contribution in [3.8, 4) is 23.0 Å². The Labute approximate surface area is 279 Å². The van der Waals surface area contributed by atoms with Crippen molar-refractivity contribution in [1.29, 1.82) is 0 Å². The molecule has 1 unspecified atom stereocenters. The van der Waals surface area contributed by atoms with Crippen LogP contribution >= 0.6 is 11.3 Å². The molecule has 0 radical (unpaired) electrons. The normalized spacial score (nSPS) is 14.6. The Hall–Kier alpha value is -5.81. The van der Waals surface area contributed by atoms with Crippen molar-refractivity contribution in [3.63, 3.8) is 0 Å². The van der Waals surface area contributed by atoms with Crippen molar-refractivity contribution in [3.05, 3.63) is 119 Å². The Morgan fingerprint density at radius 1 is 0.917 bits per heavy atom. The van der Waals surface area contributed by atoms with Crippen LogP contribution in [-0.2, 0) is 11.4 Å². The van der Waals surface area contributed by atoms with E-state index in [1.165, 1.54) is 23.3 Å². The molecule has 11 heteroatoms. The molecular formula is C37H30N2O8S. The summed E-state index contributed by atoms with van der Waals surface area (Å²) in [6.45, 7) is 2.50. The molecule has 0 fully saturated rings. The van der Waals surface area contributed by atoms with Crippen molar-refractivity contribution in [1.82, 2.24) is 4.98 Å². The van der Waals surface area contributed by atoms with Crippen LogP contribution in [0.3, 0.4) is 0 Å². The summed E-state index contributed by atoms with van der Waals surface area (Å²) >= 11 is 1.24.